The Labute approximate surface area is 281 Å². The lowest BCUT2D eigenvalue weighted by atomic mass is 10.00. The predicted octanol–water partition coefficient (Wildman–Crippen LogP) is 9.03. The smallest absolute Gasteiger partial charge is 0.419 e. The van der Waals surface area contributed by atoms with E-state index in [1.165, 1.54) is 12.1 Å². The molecule has 1 unspecified atom stereocenters. The quantitative estimate of drug-likeness (QED) is 0.134. The van der Waals surface area contributed by atoms with Gasteiger partial charge >= 0.3 is 18.2 Å². The molecule has 0 spiro atoms. The highest BCUT2D eigenvalue weighted by atomic mass is 19.4. The van der Waals surface area contributed by atoms with Crippen LogP contribution >= 0.6 is 0 Å². The maximum Gasteiger partial charge on any atom is 0.419 e. The van der Waals surface area contributed by atoms with Gasteiger partial charge in [0.05, 0.1) is 29.3 Å². The average molecular weight is 675 g/mol. The molecule has 2 aromatic carbocycles. The van der Waals surface area contributed by atoms with Gasteiger partial charge < -0.3 is 19.0 Å². The first-order valence-corrected chi connectivity index (χ1v) is 16.5. The molecule has 0 radical (unpaired) electrons. The zero-order valence-electron chi connectivity index (χ0n) is 29.5. The summed E-state index contributed by atoms with van der Waals surface area (Å²) >= 11 is 0. The van der Waals surface area contributed by atoms with Crippen molar-refractivity contribution in [2.45, 2.75) is 118 Å². The molecular weight excluding hydrogens is 625 g/mol. The highest BCUT2D eigenvalue weighted by Crippen LogP contribution is 2.50. The van der Waals surface area contributed by atoms with E-state index in [0.717, 1.165) is 22.8 Å². The number of aryl methyl sites for hydroxylation is 1. The summed E-state index contributed by atoms with van der Waals surface area (Å²) in [4.78, 5) is 33.9. The number of ether oxygens (including phenoxy) is 3. The number of carbonyl (C=O) groups excluding carboxylic acids is 2. The lowest BCUT2D eigenvalue weighted by Crippen LogP contribution is -2.44. The Bertz CT molecular complexity index is 1520. The van der Waals surface area contributed by atoms with Gasteiger partial charge in [0.15, 0.2) is 0 Å². The number of esters is 1. The van der Waals surface area contributed by atoms with Crippen molar-refractivity contribution < 1.29 is 41.8 Å². The maximum atomic E-state index is 13.7. The van der Waals surface area contributed by atoms with Crippen molar-refractivity contribution in [2.75, 3.05) is 13.2 Å². The van der Waals surface area contributed by atoms with Gasteiger partial charge in [-0.3, -0.25) is 9.69 Å². The number of oxime groups is 1. The van der Waals surface area contributed by atoms with E-state index in [1.54, 1.807) is 11.8 Å². The van der Waals surface area contributed by atoms with E-state index < -0.39 is 34.5 Å². The van der Waals surface area contributed by atoms with E-state index in [1.807, 2.05) is 73.6 Å². The van der Waals surface area contributed by atoms with Gasteiger partial charge in [-0.2, -0.15) is 13.2 Å². The van der Waals surface area contributed by atoms with Gasteiger partial charge in [-0.25, -0.2) is 4.79 Å². The second kappa shape index (κ2) is 14.0. The number of rotatable bonds is 11. The fourth-order valence-electron chi connectivity index (χ4n) is 5.58. The zero-order valence-corrected chi connectivity index (χ0v) is 29.5. The summed E-state index contributed by atoms with van der Waals surface area (Å²) in [5.41, 5.74) is 0.713. The molecule has 11 heteroatoms. The second-order valence-corrected chi connectivity index (χ2v) is 15.3. The van der Waals surface area contributed by atoms with Gasteiger partial charge in [-0.1, -0.05) is 37.2 Å². The normalized spacial score (nSPS) is 17.5. The zero-order chi connectivity index (χ0) is 35.7. The first-order valence-electron chi connectivity index (χ1n) is 16.5. The molecule has 0 aliphatic heterocycles. The average Bonchev–Trinajstić information content (AvgIpc) is 3.63. The minimum absolute atomic E-state index is 0.0828. The van der Waals surface area contributed by atoms with Crippen LogP contribution in [0.2, 0.25) is 0 Å². The molecule has 48 heavy (non-hydrogen) atoms. The Hall–Kier alpha value is -3.76. The molecule has 1 atom stereocenters. The van der Waals surface area contributed by atoms with E-state index in [4.69, 9.17) is 19.0 Å². The van der Waals surface area contributed by atoms with Crippen LogP contribution in [0.15, 0.2) is 41.6 Å². The van der Waals surface area contributed by atoms with Crippen LogP contribution in [0.5, 0.6) is 5.75 Å². The minimum Gasteiger partial charge on any atom is -0.493 e. The van der Waals surface area contributed by atoms with Crippen LogP contribution in [-0.4, -0.2) is 47.0 Å². The van der Waals surface area contributed by atoms with Crippen molar-refractivity contribution in [1.82, 2.24) is 4.90 Å². The lowest BCUT2D eigenvalue weighted by Gasteiger charge is -2.35. The number of alkyl halides is 3. The summed E-state index contributed by atoms with van der Waals surface area (Å²) < 4.78 is 58.1. The Morgan fingerprint density at radius 2 is 1.65 bits per heavy atom. The Kier molecular flexibility index (Phi) is 10.8. The summed E-state index contributed by atoms with van der Waals surface area (Å²) in [6, 6.07) is 9.43. The maximum absolute atomic E-state index is 13.7. The molecule has 1 amide bonds. The van der Waals surface area contributed by atoms with Crippen molar-refractivity contribution >= 4 is 17.8 Å². The van der Waals surface area contributed by atoms with Crippen molar-refractivity contribution in [2.24, 2.45) is 16.5 Å². The van der Waals surface area contributed by atoms with E-state index in [9.17, 15) is 22.8 Å². The fraction of sp³-hybridized carbons (Fsp3) is 0.595. The summed E-state index contributed by atoms with van der Waals surface area (Å²) in [6.45, 7) is 16.7. The van der Waals surface area contributed by atoms with Crippen LogP contribution in [0.3, 0.4) is 0 Å². The SMILES string of the molecule is C/C(=N\OCc1ccc(OCC(C)C)c(C(F)(F)F)c1)c1ccc2c(c1)CCC2N(CC1(C(=O)OC(C)(C)C)CC1)C(=O)OC(C)(C)C. The number of hydrogen-bond acceptors (Lipinski definition) is 7. The van der Waals surface area contributed by atoms with Gasteiger partial charge in [0.2, 0.25) is 0 Å². The molecular formula is C37H49F3N2O6. The summed E-state index contributed by atoms with van der Waals surface area (Å²) in [7, 11) is 0. The van der Waals surface area contributed by atoms with Crippen LogP contribution in [0.1, 0.15) is 115 Å². The number of carbonyl (C=O) groups is 2. The topological polar surface area (TPSA) is 86.7 Å². The minimum atomic E-state index is -4.57. The molecule has 2 aliphatic carbocycles. The molecule has 0 N–H and O–H groups in total. The third-order valence-corrected chi connectivity index (χ3v) is 8.12. The first-order chi connectivity index (χ1) is 22.2. The molecule has 2 aliphatic rings. The van der Waals surface area contributed by atoms with Crippen molar-refractivity contribution in [3.05, 3.63) is 64.2 Å². The Balaban J connectivity index is 1.49. The highest BCUT2D eigenvalue weighted by molar-refractivity contribution is 5.98. The standard InChI is InChI=1S/C37H49F3N2O6/c1-23(2)20-45-31-15-10-25(18-29(31)37(38,39)40)21-46-41-24(3)26-11-13-28-27(19-26)12-14-30(28)42(33(44)48-35(7,8)9)22-36(16-17-36)32(43)47-34(4,5)6/h10-11,13,15,18-19,23,30H,12,14,16-17,20-22H2,1-9H3/b41-24+. The lowest BCUT2D eigenvalue weighted by molar-refractivity contribution is -0.162. The van der Waals surface area contributed by atoms with Gasteiger partial charge in [-0.05, 0) is 121 Å². The van der Waals surface area contributed by atoms with Crippen LogP contribution < -0.4 is 4.74 Å². The molecule has 264 valence electrons. The Morgan fingerprint density at radius 1 is 0.979 bits per heavy atom. The van der Waals surface area contributed by atoms with Gasteiger partial charge in [-0.15, -0.1) is 0 Å². The summed E-state index contributed by atoms with van der Waals surface area (Å²) in [5.74, 6) is -0.424. The van der Waals surface area contributed by atoms with Gasteiger partial charge in [0.1, 0.15) is 23.6 Å². The largest absolute Gasteiger partial charge is 0.493 e. The van der Waals surface area contributed by atoms with Crippen LogP contribution in [0.25, 0.3) is 0 Å². The predicted molar refractivity (Wildman–Crippen MR) is 177 cm³/mol. The van der Waals surface area contributed by atoms with E-state index in [2.05, 4.69) is 5.16 Å². The molecule has 2 aromatic rings. The fourth-order valence-corrected chi connectivity index (χ4v) is 5.58. The molecule has 8 nitrogen and oxygen atoms in total. The molecule has 0 saturated heterocycles. The molecule has 0 heterocycles. The van der Waals surface area contributed by atoms with Gasteiger partial charge in [0, 0.05) is 6.54 Å². The molecule has 0 aromatic heterocycles. The number of hydrogen-bond donors (Lipinski definition) is 0. The number of halogens is 3. The van der Waals surface area contributed by atoms with E-state index >= 15 is 0 Å². The number of amides is 1. The Morgan fingerprint density at radius 3 is 2.23 bits per heavy atom. The number of fused-ring (bicyclic) bond motifs is 1. The molecule has 0 bridgehead atoms. The molecule has 1 fully saturated rings. The molecule has 1 saturated carbocycles. The van der Waals surface area contributed by atoms with Crippen LogP contribution in [-0.2, 0) is 38.3 Å². The van der Waals surface area contributed by atoms with E-state index in [0.29, 0.717) is 37.0 Å². The van der Waals surface area contributed by atoms with Crippen molar-refractivity contribution in [3.8, 4) is 5.75 Å². The van der Waals surface area contributed by atoms with Crippen molar-refractivity contribution in [1.29, 1.82) is 0 Å². The molecule has 4 rings (SSSR count). The monoisotopic (exact) mass is 674 g/mol. The second-order valence-electron chi connectivity index (χ2n) is 15.3. The number of benzene rings is 2. The van der Waals surface area contributed by atoms with Crippen LogP contribution in [0, 0.1) is 11.3 Å². The van der Waals surface area contributed by atoms with Crippen molar-refractivity contribution in [3.63, 3.8) is 0 Å². The van der Waals surface area contributed by atoms with Crippen LogP contribution in [0.4, 0.5) is 18.0 Å². The van der Waals surface area contributed by atoms with E-state index in [-0.39, 0.29) is 43.4 Å². The third kappa shape index (κ3) is 9.66. The number of nitrogens with zero attached hydrogens (tertiary/aromatic N) is 2. The third-order valence-electron chi connectivity index (χ3n) is 8.12. The highest BCUT2D eigenvalue weighted by Gasteiger charge is 2.55. The van der Waals surface area contributed by atoms with Gasteiger partial charge in [0.25, 0.3) is 0 Å². The summed E-state index contributed by atoms with van der Waals surface area (Å²) in [6.07, 6.45) is -2.40. The first kappa shape index (κ1) is 37.1. The summed E-state index contributed by atoms with van der Waals surface area (Å²) in [5, 5.41) is 4.19.